The molecule has 0 bridgehead atoms. The van der Waals surface area contributed by atoms with Crippen LogP contribution in [0.15, 0.2) is 12.8 Å². The first-order chi connectivity index (χ1) is 6.67. The molecule has 2 unspecified atom stereocenters. The molecule has 0 radical (unpaired) electrons. The molecule has 0 aromatic carbocycles. The molecule has 88 valence electrons. The third-order valence-electron chi connectivity index (χ3n) is 1.94. The lowest BCUT2D eigenvalue weighted by molar-refractivity contribution is -0.405. The highest BCUT2D eigenvalue weighted by Crippen LogP contribution is 2.49. The van der Waals surface area contributed by atoms with E-state index in [1.54, 1.807) is 0 Å². The third kappa shape index (κ3) is 1.57. The summed E-state index contributed by atoms with van der Waals surface area (Å²) in [4.78, 5) is 0. The number of ether oxygens (including phenoxy) is 2. The molecule has 1 heterocycles. The maximum absolute atomic E-state index is 13.1. The molecule has 0 aliphatic carbocycles. The zero-order chi connectivity index (χ0) is 11.9. The predicted octanol–water partition coefficient (Wildman–Crippen LogP) is 1.43. The van der Waals surface area contributed by atoms with Gasteiger partial charge in [0.25, 0.3) is 0 Å². The van der Waals surface area contributed by atoms with Crippen LogP contribution in [-0.2, 0) is 9.47 Å². The number of halogens is 5. The molecule has 0 amide bonds. The van der Waals surface area contributed by atoms with E-state index in [1.165, 1.54) is 0 Å². The Hall–Kier alpha value is -0.890. The minimum atomic E-state index is -5.60. The zero-order valence-electron chi connectivity index (χ0n) is 7.22. The fourth-order valence-electron chi connectivity index (χ4n) is 1.13. The molecule has 0 spiro atoms. The van der Waals surface area contributed by atoms with Crippen molar-refractivity contribution in [3.8, 4) is 0 Å². The highest BCUT2D eigenvalue weighted by atomic mass is 19.4. The number of hydrogen-bond acceptors (Lipinski definition) is 3. The lowest BCUT2D eigenvalue weighted by Gasteiger charge is -2.30. The van der Waals surface area contributed by atoms with Gasteiger partial charge in [0.2, 0.25) is 0 Å². The van der Waals surface area contributed by atoms with Gasteiger partial charge in [-0.2, -0.15) is 22.0 Å². The predicted molar refractivity (Wildman–Crippen MR) is 37.0 cm³/mol. The van der Waals surface area contributed by atoms with Gasteiger partial charge in [-0.1, -0.05) is 6.58 Å². The second-order valence-corrected chi connectivity index (χ2v) is 2.87. The van der Waals surface area contributed by atoms with Gasteiger partial charge in [0.05, 0.1) is 12.9 Å². The number of aliphatic hydroxyl groups is 1. The second-order valence-electron chi connectivity index (χ2n) is 2.87. The number of alkyl halides is 5. The molecule has 2 atom stereocenters. The summed E-state index contributed by atoms with van der Waals surface area (Å²) < 4.78 is 70.3. The van der Waals surface area contributed by atoms with E-state index in [9.17, 15) is 22.0 Å². The van der Waals surface area contributed by atoms with Crippen LogP contribution in [0.1, 0.15) is 0 Å². The van der Waals surface area contributed by atoms with E-state index in [2.05, 4.69) is 16.1 Å². The van der Waals surface area contributed by atoms with Crippen LogP contribution in [0, 0.1) is 0 Å². The van der Waals surface area contributed by atoms with Gasteiger partial charge < -0.3 is 14.6 Å². The van der Waals surface area contributed by atoms with Gasteiger partial charge in [-0.3, -0.25) is 0 Å². The SMILES string of the molecule is C=COC1COC(O)(C(F)(F)F)C1(F)F. The molecule has 15 heavy (non-hydrogen) atoms. The molecule has 0 saturated carbocycles. The maximum Gasteiger partial charge on any atom is 0.449 e. The summed E-state index contributed by atoms with van der Waals surface area (Å²) in [6, 6.07) is 0. The van der Waals surface area contributed by atoms with E-state index in [4.69, 9.17) is 5.11 Å². The molecule has 1 rings (SSSR count). The molecule has 1 fully saturated rings. The molecule has 1 N–H and O–H groups in total. The summed E-state index contributed by atoms with van der Waals surface area (Å²) >= 11 is 0. The lowest BCUT2D eigenvalue weighted by atomic mass is 10.1. The molecular weight excluding hydrogens is 227 g/mol. The van der Waals surface area contributed by atoms with Crippen LogP contribution < -0.4 is 0 Å². The van der Waals surface area contributed by atoms with Crippen LogP contribution in [0.2, 0.25) is 0 Å². The Bertz CT molecular complexity index is 264. The normalized spacial score (nSPS) is 35.2. The van der Waals surface area contributed by atoms with Gasteiger partial charge in [-0.25, -0.2) is 0 Å². The van der Waals surface area contributed by atoms with Crippen molar-refractivity contribution in [1.82, 2.24) is 0 Å². The van der Waals surface area contributed by atoms with Crippen LogP contribution >= 0.6 is 0 Å². The van der Waals surface area contributed by atoms with Crippen molar-refractivity contribution in [2.75, 3.05) is 6.61 Å². The fourth-order valence-corrected chi connectivity index (χ4v) is 1.13. The van der Waals surface area contributed by atoms with E-state index in [1.807, 2.05) is 0 Å². The van der Waals surface area contributed by atoms with Crippen molar-refractivity contribution in [3.05, 3.63) is 12.8 Å². The summed E-state index contributed by atoms with van der Waals surface area (Å²) in [6.45, 7) is 1.85. The van der Waals surface area contributed by atoms with Crippen molar-refractivity contribution in [1.29, 1.82) is 0 Å². The Morgan fingerprint density at radius 1 is 1.47 bits per heavy atom. The Balaban J connectivity index is 3.01. The average molecular weight is 234 g/mol. The third-order valence-corrected chi connectivity index (χ3v) is 1.94. The Morgan fingerprint density at radius 2 is 2.00 bits per heavy atom. The largest absolute Gasteiger partial charge is 0.490 e. The summed E-state index contributed by atoms with van der Waals surface area (Å²) in [5.41, 5.74) is 0. The summed E-state index contributed by atoms with van der Waals surface area (Å²) in [6.07, 6.45) is -7.25. The highest BCUT2D eigenvalue weighted by molar-refractivity contribution is 5.02. The lowest BCUT2D eigenvalue weighted by Crippen LogP contribution is -2.59. The fraction of sp³-hybridized carbons (Fsp3) is 0.714. The van der Waals surface area contributed by atoms with Gasteiger partial charge in [-0.15, -0.1) is 0 Å². The van der Waals surface area contributed by atoms with Crippen LogP contribution in [0.4, 0.5) is 22.0 Å². The summed E-state index contributed by atoms with van der Waals surface area (Å²) in [5.74, 6) is -9.09. The van der Waals surface area contributed by atoms with E-state index >= 15 is 0 Å². The summed E-state index contributed by atoms with van der Waals surface area (Å²) in [7, 11) is 0. The van der Waals surface area contributed by atoms with Crippen LogP contribution in [0.3, 0.4) is 0 Å². The van der Waals surface area contributed by atoms with Crippen molar-refractivity contribution >= 4 is 0 Å². The van der Waals surface area contributed by atoms with Crippen molar-refractivity contribution in [2.24, 2.45) is 0 Å². The van der Waals surface area contributed by atoms with Gasteiger partial charge in [0, 0.05) is 0 Å². The first kappa shape index (κ1) is 12.2. The molecule has 0 aromatic rings. The van der Waals surface area contributed by atoms with E-state index < -0.39 is 30.6 Å². The summed E-state index contributed by atoms with van der Waals surface area (Å²) in [5, 5.41) is 8.74. The van der Waals surface area contributed by atoms with Crippen molar-refractivity contribution in [2.45, 2.75) is 24.0 Å². The molecule has 8 heteroatoms. The number of rotatable bonds is 2. The van der Waals surface area contributed by atoms with Gasteiger partial charge in [0.1, 0.15) is 0 Å². The smallest absolute Gasteiger partial charge is 0.449 e. The number of hydrogen-bond donors (Lipinski definition) is 1. The maximum atomic E-state index is 13.1. The topological polar surface area (TPSA) is 38.7 Å². The first-order valence-corrected chi connectivity index (χ1v) is 3.74. The van der Waals surface area contributed by atoms with E-state index in [0.717, 1.165) is 0 Å². The molecule has 0 aromatic heterocycles. The van der Waals surface area contributed by atoms with Crippen molar-refractivity contribution < 1.29 is 36.5 Å². The average Bonchev–Trinajstić information content (AvgIpc) is 2.29. The highest BCUT2D eigenvalue weighted by Gasteiger charge is 2.78. The second kappa shape index (κ2) is 3.31. The standard InChI is InChI=1S/C7H7F5O3/c1-2-14-4-3-15-6(13,5(4,8)9)7(10,11)12/h2,4,13H,1,3H2. The quantitative estimate of drug-likeness (QED) is 0.580. The minimum Gasteiger partial charge on any atom is -0.490 e. The van der Waals surface area contributed by atoms with Gasteiger partial charge in [0.15, 0.2) is 6.10 Å². The van der Waals surface area contributed by atoms with Crippen LogP contribution in [-0.4, -0.2) is 35.7 Å². The van der Waals surface area contributed by atoms with Crippen LogP contribution in [0.5, 0.6) is 0 Å². The van der Waals surface area contributed by atoms with Gasteiger partial charge in [-0.05, 0) is 0 Å². The first-order valence-electron chi connectivity index (χ1n) is 3.74. The Kier molecular flexibility index (Phi) is 2.69. The van der Waals surface area contributed by atoms with E-state index in [0.29, 0.717) is 6.26 Å². The Morgan fingerprint density at radius 3 is 2.33 bits per heavy atom. The minimum absolute atomic E-state index is 0.560. The molecule has 1 aliphatic rings. The van der Waals surface area contributed by atoms with Crippen molar-refractivity contribution in [3.63, 3.8) is 0 Å². The molecular formula is C7H7F5O3. The van der Waals surface area contributed by atoms with Crippen LogP contribution in [0.25, 0.3) is 0 Å². The molecule has 1 aliphatic heterocycles. The van der Waals surface area contributed by atoms with Gasteiger partial charge >= 0.3 is 17.9 Å². The molecule has 1 saturated heterocycles. The zero-order valence-corrected chi connectivity index (χ0v) is 7.22. The Labute approximate surface area is 81.1 Å². The van der Waals surface area contributed by atoms with E-state index in [-0.39, 0.29) is 0 Å². The monoisotopic (exact) mass is 234 g/mol. The molecule has 3 nitrogen and oxygen atoms in total.